The molecular weight excluding hydrogens is 422 g/mol. The Morgan fingerprint density at radius 3 is 2.29 bits per heavy atom. The number of nitrogens with one attached hydrogen (secondary N) is 3. The molecule has 5 nitrogen and oxygen atoms in total. The van der Waals surface area contributed by atoms with Gasteiger partial charge in [-0.1, -0.05) is 80.6 Å². The van der Waals surface area contributed by atoms with Crippen LogP contribution >= 0.6 is 0 Å². The minimum Gasteiger partial charge on any atom is -0.361 e. The zero-order valence-electron chi connectivity index (χ0n) is 19.8. The Bertz CT molecular complexity index is 1280. The molecule has 0 radical (unpaired) electrons. The monoisotopic (exact) mass is 453 g/mol. The van der Waals surface area contributed by atoms with Crippen molar-refractivity contribution in [1.82, 2.24) is 15.6 Å². The first-order valence-corrected chi connectivity index (χ1v) is 11.7. The lowest BCUT2D eigenvalue weighted by atomic mass is 9.90. The van der Waals surface area contributed by atoms with Crippen molar-refractivity contribution in [2.45, 2.75) is 32.7 Å². The van der Waals surface area contributed by atoms with E-state index in [0.29, 0.717) is 12.1 Å². The van der Waals surface area contributed by atoms with E-state index in [1.54, 1.807) is 6.07 Å². The van der Waals surface area contributed by atoms with E-state index >= 15 is 0 Å². The standard InChI is InChI=1S/C29H31N3O2/c1-19(2)27(32-28(33)22-14-8-7-11-20(22)3)29(34)31-17-24(21-12-5-4-6-13-21)25-18-30-26-16-10-9-15-23(25)26/h4-16,18-19,24,27,30H,17H2,1-3H3,(H,31,34)(H,32,33)/t24-,27-/m0/s1. The Balaban J connectivity index is 1.54. The molecule has 4 aromatic rings. The fourth-order valence-corrected chi connectivity index (χ4v) is 4.37. The number of rotatable bonds is 8. The van der Waals surface area contributed by atoms with Crippen LogP contribution in [0.15, 0.2) is 85.1 Å². The van der Waals surface area contributed by atoms with Gasteiger partial charge >= 0.3 is 0 Å². The van der Waals surface area contributed by atoms with Crippen LogP contribution in [-0.2, 0) is 4.79 Å². The van der Waals surface area contributed by atoms with Gasteiger partial charge in [0.05, 0.1) is 0 Å². The van der Waals surface area contributed by atoms with Gasteiger partial charge in [-0.15, -0.1) is 0 Å². The van der Waals surface area contributed by atoms with Crippen molar-refractivity contribution in [2.75, 3.05) is 6.54 Å². The molecule has 1 aromatic heterocycles. The molecule has 3 N–H and O–H groups in total. The maximum atomic E-state index is 13.3. The Hall–Kier alpha value is -3.86. The van der Waals surface area contributed by atoms with E-state index in [1.165, 1.54) is 0 Å². The highest BCUT2D eigenvalue weighted by atomic mass is 16.2. The molecule has 0 aliphatic rings. The van der Waals surface area contributed by atoms with Gasteiger partial charge in [-0.25, -0.2) is 0 Å². The van der Waals surface area contributed by atoms with Crippen LogP contribution < -0.4 is 10.6 Å². The summed E-state index contributed by atoms with van der Waals surface area (Å²) < 4.78 is 0. The van der Waals surface area contributed by atoms with Crippen LogP contribution in [0.3, 0.4) is 0 Å². The van der Waals surface area contributed by atoms with Crippen molar-refractivity contribution >= 4 is 22.7 Å². The molecule has 1 heterocycles. The maximum absolute atomic E-state index is 13.3. The molecule has 2 amide bonds. The highest BCUT2D eigenvalue weighted by molar-refractivity contribution is 5.98. The van der Waals surface area contributed by atoms with Gasteiger partial charge in [-0.2, -0.15) is 0 Å². The average Bonchev–Trinajstić information content (AvgIpc) is 3.27. The summed E-state index contributed by atoms with van der Waals surface area (Å²) in [6, 6.07) is 25.1. The minimum absolute atomic E-state index is 0.0267. The summed E-state index contributed by atoms with van der Waals surface area (Å²) in [6.07, 6.45) is 2.02. The zero-order chi connectivity index (χ0) is 24.1. The predicted octanol–water partition coefficient (Wildman–Crippen LogP) is 5.18. The van der Waals surface area contributed by atoms with Gasteiger partial charge in [0, 0.05) is 35.1 Å². The third-order valence-corrected chi connectivity index (χ3v) is 6.30. The van der Waals surface area contributed by atoms with Gasteiger partial charge in [0.25, 0.3) is 5.91 Å². The van der Waals surface area contributed by atoms with Gasteiger partial charge in [0.2, 0.25) is 5.91 Å². The molecule has 4 rings (SSSR count). The number of carbonyl (C=O) groups excluding carboxylic acids is 2. The van der Waals surface area contributed by atoms with Gasteiger partial charge in [0.15, 0.2) is 0 Å². The molecule has 0 unspecified atom stereocenters. The molecule has 174 valence electrons. The fourth-order valence-electron chi connectivity index (χ4n) is 4.37. The zero-order valence-corrected chi connectivity index (χ0v) is 19.8. The van der Waals surface area contributed by atoms with Crippen molar-refractivity contribution in [1.29, 1.82) is 0 Å². The Labute approximate surface area is 200 Å². The van der Waals surface area contributed by atoms with E-state index in [9.17, 15) is 9.59 Å². The number of para-hydroxylation sites is 1. The van der Waals surface area contributed by atoms with Crippen LogP contribution in [0.1, 0.15) is 46.8 Å². The normalized spacial score (nSPS) is 12.9. The summed E-state index contributed by atoms with van der Waals surface area (Å²) in [4.78, 5) is 29.5. The van der Waals surface area contributed by atoms with Crippen LogP contribution in [0.4, 0.5) is 0 Å². The van der Waals surface area contributed by atoms with Gasteiger partial charge < -0.3 is 15.6 Å². The van der Waals surface area contributed by atoms with Crippen molar-refractivity contribution < 1.29 is 9.59 Å². The largest absolute Gasteiger partial charge is 0.361 e. The Morgan fingerprint density at radius 1 is 0.882 bits per heavy atom. The molecule has 0 fully saturated rings. The molecule has 2 atom stereocenters. The third-order valence-electron chi connectivity index (χ3n) is 6.30. The summed E-state index contributed by atoms with van der Waals surface area (Å²) in [6.45, 7) is 6.20. The van der Waals surface area contributed by atoms with Crippen LogP contribution in [0.2, 0.25) is 0 Å². The van der Waals surface area contributed by atoms with E-state index in [2.05, 4.69) is 39.9 Å². The predicted molar refractivity (Wildman–Crippen MR) is 137 cm³/mol. The lowest BCUT2D eigenvalue weighted by molar-refractivity contribution is -0.123. The van der Waals surface area contributed by atoms with Crippen molar-refractivity contribution in [3.8, 4) is 0 Å². The molecule has 3 aromatic carbocycles. The smallest absolute Gasteiger partial charge is 0.252 e. The second kappa shape index (κ2) is 10.4. The Morgan fingerprint density at radius 2 is 1.56 bits per heavy atom. The number of aromatic amines is 1. The summed E-state index contributed by atoms with van der Waals surface area (Å²) in [5, 5.41) is 7.20. The maximum Gasteiger partial charge on any atom is 0.252 e. The first-order valence-electron chi connectivity index (χ1n) is 11.7. The SMILES string of the molecule is Cc1ccccc1C(=O)N[C@H](C(=O)NC[C@@H](c1ccccc1)c1c[nH]c2ccccc12)C(C)C. The third kappa shape index (κ3) is 5.04. The lowest BCUT2D eigenvalue weighted by Crippen LogP contribution is -2.50. The number of fused-ring (bicyclic) bond motifs is 1. The van der Waals surface area contributed by atoms with Crippen molar-refractivity contribution in [3.05, 3.63) is 107 Å². The number of carbonyl (C=O) groups is 2. The van der Waals surface area contributed by atoms with E-state index in [1.807, 2.05) is 75.5 Å². The van der Waals surface area contributed by atoms with E-state index in [-0.39, 0.29) is 23.7 Å². The van der Waals surface area contributed by atoms with E-state index < -0.39 is 6.04 Å². The second-order valence-corrected chi connectivity index (χ2v) is 9.01. The molecule has 0 bridgehead atoms. The van der Waals surface area contributed by atoms with Gasteiger partial charge in [-0.3, -0.25) is 9.59 Å². The first-order chi connectivity index (χ1) is 16.5. The number of benzene rings is 3. The second-order valence-electron chi connectivity index (χ2n) is 9.01. The van der Waals surface area contributed by atoms with Crippen LogP contribution in [-0.4, -0.2) is 29.4 Å². The highest BCUT2D eigenvalue weighted by Crippen LogP contribution is 2.30. The molecular formula is C29H31N3O2. The summed E-state index contributed by atoms with van der Waals surface area (Å²) in [5.41, 5.74) is 4.79. The summed E-state index contributed by atoms with van der Waals surface area (Å²) in [7, 11) is 0. The van der Waals surface area contributed by atoms with Crippen molar-refractivity contribution in [2.24, 2.45) is 5.92 Å². The van der Waals surface area contributed by atoms with Crippen LogP contribution in [0.25, 0.3) is 10.9 Å². The number of aryl methyl sites for hydroxylation is 1. The molecule has 0 aliphatic carbocycles. The van der Waals surface area contributed by atoms with E-state index in [0.717, 1.165) is 27.6 Å². The Kier molecular flexibility index (Phi) is 7.12. The molecule has 0 spiro atoms. The number of amides is 2. The van der Waals surface area contributed by atoms with Gasteiger partial charge in [0.1, 0.15) is 6.04 Å². The molecule has 0 saturated carbocycles. The molecule has 34 heavy (non-hydrogen) atoms. The fraction of sp³-hybridized carbons (Fsp3) is 0.241. The average molecular weight is 454 g/mol. The highest BCUT2D eigenvalue weighted by Gasteiger charge is 2.27. The molecule has 0 saturated heterocycles. The quantitative estimate of drug-likeness (QED) is 0.344. The molecule has 0 aliphatic heterocycles. The van der Waals surface area contributed by atoms with Crippen LogP contribution in [0.5, 0.6) is 0 Å². The first kappa shape index (κ1) is 23.3. The summed E-state index contributed by atoms with van der Waals surface area (Å²) >= 11 is 0. The van der Waals surface area contributed by atoms with Crippen LogP contribution in [0, 0.1) is 12.8 Å². The summed E-state index contributed by atoms with van der Waals surface area (Å²) in [5.74, 6) is -0.502. The van der Waals surface area contributed by atoms with Gasteiger partial charge in [-0.05, 0) is 41.7 Å². The number of aromatic nitrogens is 1. The molecule has 5 heteroatoms. The lowest BCUT2D eigenvalue weighted by Gasteiger charge is -2.24. The topological polar surface area (TPSA) is 74.0 Å². The van der Waals surface area contributed by atoms with Crippen molar-refractivity contribution in [3.63, 3.8) is 0 Å². The number of hydrogen-bond donors (Lipinski definition) is 3. The van der Waals surface area contributed by atoms with E-state index in [4.69, 9.17) is 0 Å². The number of H-pyrrole nitrogens is 1. The minimum atomic E-state index is -0.633. The number of hydrogen-bond acceptors (Lipinski definition) is 2.